The molecule has 0 saturated carbocycles. The van der Waals surface area contributed by atoms with Crippen molar-refractivity contribution in [2.24, 2.45) is 0 Å². The van der Waals surface area contributed by atoms with Gasteiger partial charge in [-0.2, -0.15) is 0 Å². The van der Waals surface area contributed by atoms with Crippen molar-refractivity contribution in [1.29, 1.82) is 0 Å². The lowest BCUT2D eigenvalue weighted by molar-refractivity contribution is 0.628. The van der Waals surface area contributed by atoms with Gasteiger partial charge in [0.1, 0.15) is 0 Å². The van der Waals surface area contributed by atoms with Gasteiger partial charge < -0.3 is 5.32 Å². The summed E-state index contributed by atoms with van der Waals surface area (Å²) in [7, 11) is 0. The number of rotatable bonds is 5. The molecule has 0 aliphatic rings. The van der Waals surface area contributed by atoms with Crippen molar-refractivity contribution in [2.45, 2.75) is 13.5 Å². The van der Waals surface area contributed by atoms with E-state index in [2.05, 4.69) is 43.5 Å². The SMILES string of the molecule is Cc1cc(-c2ccc(CNc3nccc(-c4ccc5nccnc5c4)c3F)cc2)ccn1. The molecule has 156 valence electrons. The number of hydrogen-bond donors (Lipinski definition) is 1. The maximum Gasteiger partial charge on any atom is 0.173 e. The molecule has 0 radical (unpaired) electrons. The number of nitrogens with one attached hydrogen (secondary N) is 1. The summed E-state index contributed by atoms with van der Waals surface area (Å²) < 4.78 is 15.2. The smallest absolute Gasteiger partial charge is 0.173 e. The van der Waals surface area contributed by atoms with Gasteiger partial charge in [-0.15, -0.1) is 0 Å². The average Bonchev–Trinajstić information content (AvgIpc) is 2.83. The second kappa shape index (κ2) is 8.51. The first kappa shape index (κ1) is 19.8. The normalized spacial score (nSPS) is 10.9. The van der Waals surface area contributed by atoms with Crippen LogP contribution < -0.4 is 5.32 Å². The van der Waals surface area contributed by atoms with E-state index in [0.717, 1.165) is 39.0 Å². The van der Waals surface area contributed by atoms with Crippen LogP contribution in [0.15, 0.2) is 85.5 Å². The van der Waals surface area contributed by atoms with Crippen molar-refractivity contribution in [3.8, 4) is 22.3 Å². The van der Waals surface area contributed by atoms with Gasteiger partial charge in [0, 0.05) is 42.6 Å². The number of fused-ring (bicyclic) bond motifs is 1. The van der Waals surface area contributed by atoms with Crippen LogP contribution in [0, 0.1) is 12.7 Å². The van der Waals surface area contributed by atoms with E-state index in [0.29, 0.717) is 12.1 Å². The molecule has 0 aliphatic carbocycles. The molecule has 32 heavy (non-hydrogen) atoms. The maximum absolute atomic E-state index is 15.2. The molecule has 5 nitrogen and oxygen atoms in total. The zero-order chi connectivity index (χ0) is 21.9. The summed E-state index contributed by atoms with van der Waals surface area (Å²) in [5, 5.41) is 3.12. The number of anilines is 1. The minimum absolute atomic E-state index is 0.218. The van der Waals surface area contributed by atoms with Crippen molar-refractivity contribution in [3.05, 3.63) is 103 Å². The highest BCUT2D eigenvalue weighted by atomic mass is 19.1. The van der Waals surface area contributed by atoms with E-state index in [1.54, 1.807) is 24.7 Å². The number of aromatic nitrogens is 4. The summed E-state index contributed by atoms with van der Waals surface area (Å²) in [6, 6.07) is 19.4. The molecule has 0 fully saturated rings. The van der Waals surface area contributed by atoms with Crippen molar-refractivity contribution < 1.29 is 4.39 Å². The average molecular weight is 421 g/mol. The van der Waals surface area contributed by atoms with E-state index < -0.39 is 0 Å². The van der Waals surface area contributed by atoms with Gasteiger partial charge in [0.2, 0.25) is 0 Å². The van der Waals surface area contributed by atoms with Crippen LogP contribution in [0.2, 0.25) is 0 Å². The monoisotopic (exact) mass is 421 g/mol. The van der Waals surface area contributed by atoms with E-state index in [4.69, 9.17) is 0 Å². The molecule has 5 aromatic rings. The molecule has 0 atom stereocenters. The van der Waals surface area contributed by atoms with Gasteiger partial charge in [0.15, 0.2) is 11.6 Å². The zero-order valence-electron chi connectivity index (χ0n) is 17.5. The Morgan fingerprint density at radius 1 is 0.688 bits per heavy atom. The number of halogens is 1. The second-order valence-electron chi connectivity index (χ2n) is 7.52. The molecule has 0 aliphatic heterocycles. The molecule has 1 N–H and O–H groups in total. The predicted molar refractivity (Wildman–Crippen MR) is 124 cm³/mol. The largest absolute Gasteiger partial charge is 0.364 e. The first-order valence-electron chi connectivity index (χ1n) is 10.3. The van der Waals surface area contributed by atoms with E-state index >= 15 is 4.39 Å². The lowest BCUT2D eigenvalue weighted by Crippen LogP contribution is -2.04. The topological polar surface area (TPSA) is 63.6 Å². The Morgan fingerprint density at radius 2 is 1.44 bits per heavy atom. The predicted octanol–water partition coefficient (Wildman–Crippen LogP) is 5.81. The van der Waals surface area contributed by atoms with E-state index in [1.165, 1.54) is 0 Å². The first-order chi connectivity index (χ1) is 15.7. The van der Waals surface area contributed by atoms with Crippen LogP contribution in [0.4, 0.5) is 10.2 Å². The minimum atomic E-state index is -0.389. The Hall–Kier alpha value is -4.19. The minimum Gasteiger partial charge on any atom is -0.364 e. The third-order valence-electron chi connectivity index (χ3n) is 5.31. The first-order valence-corrected chi connectivity index (χ1v) is 10.3. The van der Waals surface area contributed by atoms with Crippen LogP contribution in [0.3, 0.4) is 0 Å². The molecule has 0 amide bonds. The van der Waals surface area contributed by atoms with Gasteiger partial charge in [-0.05, 0) is 59.5 Å². The summed E-state index contributed by atoms with van der Waals surface area (Å²) >= 11 is 0. The Bertz CT molecular complexity index is 1400. The fraction of sp³-hybridized carbons (Fsp3) is 0.0769. The fourth-order valence-electron chi connectivity index (χ4n) is 3.65. The highest BCUT2D eigenvalue weighted by Gasteiger charge is 2.12. The number of benzene rings is 2. The summed E-state index contributed by atoms with van der Waals surface area (Å²) in [6.45, 7) is 2.44. The summed E-state index contributed by atoms with van der Waals surface area (Å²) in [5.41, 5.74) is 6.95. The maximum atomic E-state index is 15.2. The molecular formula is C26H20FN5. The van der Waals surface area contributed by atoms with Crippen LogP contribution >= 0.6 is 0 Å². The highest BCUT2D eigenvalue weighted by Crippen LogP contribution is 2.28. The van der Waals surface area contributed by atoms with Crippen LogP contribution in [0.25, 0.3) is 33.3 Å². The van der Waals surface area contributed by atoms with Gasteiger partial charge in [0.25, 0.3) is 0 Å². The molecule has 0 saturated heterocycles. The van der Waals surface area contributed by atoms with Gasteiger partial charge in [-0.25, -0.2) is 9.37 Å². The number of hydrogen-bond acceptors (Lipinski definition) is 5. The third kappa shape index (κ3) is 4.03. The summed E-state index contributed by atoms with van der Waals surface area (Å²) in [6.07, 6.45) is 6.69. The Morgan fingerprint density at radius 3 is 2.25 bits per heavy atom. The van der Waals surface area contributed by atoms with Gasteiger partial charge in [-0.3, -0.25) is 15.0 Å². The van der Waals surface area contributed by atoms with Crippen LogP contribution in [-0.4, -0.2) is 19.9 Å². The quantitative estimate of drug-likeness (QED) is 0.388. The molecule has 2 aromatic carbocycles. The van der Waals surface area contributed by atoms with E-state index in [-0.39, 0.29) is 11.6 Å². The lowest BCUT2D eigenvalue weighted by atomic mass is 10.0. The van der Waals surface area contributed by atoms with Crippen molar-refractivity contribution >= 4 is 16.9 Å². The molecule has 3 aromatic heterocycles. The van der Waals surface area contributed by atoms with Crippen LogP contribution in [0.5, 0.6) is 0 Å². The second-order valence-corrected chi connectivity index (χ2v) is 7.52. The molecule has 0 spiro atoms. The van der Waals surface area contributed by atoms with Crippen LogP contribution in [0.1, 0.15) is 11.3 Å². The summed E-state index contributed by atoms with van der Waals surface area (Å²) in [5.74, 6) is -0.171. The third-order valence-corrected chi connectivity index (χ3v) is 5.31. The summed E-state index contributed by atoms with van der Waals surface area (Å²) in [4.78, 5) is 17.0. The molecule has 6 heteroatoms. The Kier molecular flexibility index (Phi) is 5.25. The van der Waals surface area contributed by atoms with Crippen molar-refractivity contribution in [1.82, 2.24) is 19.9 Å². The molecule has 3 heterocycles. The molecular weight excluding hydrogens is 401 g/mol. The van der Waals surface area contributed by atoms with Gasteiger partial charge >= 0.3 is 0 Å². The zero-order valence-corrected chi connectivity index (χ0v) is 17.5. The van der Waals surface area contributed by atoms with Gasteiger partial charge in [0.05, 0.1) is 11.0 Å². The van der Waals surface area contributed by atoms with Crippen molar-refractivity contribution in [2.75, 3.05) is 5.32 Å². The van der Waals surface area contributed by atoms with Crippen molar-refractivity contribution in [3.63, 3.8) is 0 Å². The standard InChI is InChI=1S/C26H20FN5/c1-17-14-20(8-10-28-17)19-4-2-18(3-5-19)16-32-26-25(27)22(9-11-31-26)21-6-7-23-24(15-21)30-13-12-29-23/h2-15H,16H2,1H3,(H,31,32). The van der Waals surface area contributed by atoms with E-state index in [1.807, 2.05) is 49.5 Å². The number of aryl methyl sites for hydroxylation is 1. The van der Waals surface area contributed by atoms with Gasteiger partial charge in [-0.1, -0.05) is 30.3 Å². The fourth-order valence-corrected chi connectivity index (χ4v) is 3.65. The number of pyridine rings is 2. The lowest BCUT2D eigenvalue weighted by Gasteiger charge is -2.11. The number of nitrogens with zero attached hydrogens (tertiary/aromatic N) is 4. The van der Waals surface area contributed by atoms with Crippen LogP contribution in [-0.2, 0) is 6.54 Å². The molecule has 0 unspecified atom stereocenters. The highest BCUT2D eigenvalue weighted by molar-refractivity contribution is 5.81. The molecule has 5 rings (SSSR count). The Labute approximate surface area is 185 Å². The molecule has 0 bridgehead atoms. The Balaban J connectivity index is 1.35. The van der Waals surface area contributed by atoms with E-state index in [9.17, 15) is 0 Å².